The van der Waals surface area contributed by atoms with Crippen molar-refractivity contribution in [3.8, 4) is 17.2 Å². The molecule has 1 spiro atoms. The van der Waals surface area contributed by atoms with Gasteiger partial charge in [0.1, 0.15) is 17.8 Å². The first-order valence-corrected chi connectivity index (χ1v) is 13.6. The number of ether oxygens (including phenoxy) is 3. The summed E-state index contributed by atoms with van der Waals surface area (Å²) in [6, 6.07) is 25.2. The predicted octanol–water partition coefficient (Wildman–Crippen LogP) is 5.38. The summed E-state index contributed by atoms with van der Waals surface area (Å²) in [6.07, 6.45) is 3.35. The molecule has 7 nitrogen and oxygen atoms in total. The Morgan fingerprint density at radius 2 is 1.62 bits per heavy atom. The molecule has 4 aromatic carbocycles. The number of carbonyl (C=O) groups is 2. The molecule has 2 amide bonds. The topological polar surface area (TPSA) is 77.1 Å². The molecule has 0 fully saturated rings. The van der Waals surface area contributed by atoms with Gasteiger partial charge in [-0.05, 0) is 77.9 Å². The number of nitrogens with one attached hydrogen (secondary N) is 1. The van der Waals surface area contributed by atoms with Crippen molar-refractivity contribution in [2.24, 2.45) is 0 Å². The SMILES string of the molecule is O=C(Nc1ccc2c(c1)CCC2)c1ccc(CN2C(=O)C3(COc4cc5c(cc43)OCO5)c3ccccc32)cc1. The summed E-state index contributed by atoms with van der Waals surface area (Å²) in [5.74, 6) is 1.72. The maximum atomic E-state index is 14.2. The lowest BCUT2D eigenvalue weighted by molar-refractivity contribution is -0.122. The van der Waals surface area contributed by atoms with Gasteiger partial charge in [0.25, 0.3) is 5.91 Å². The Morgan fingerprint density at radius 3 is 2.50 bits per heavy atom. The minimum atomic E-state index is -0.942. The number of nitrogens with zero attached hydrogens (tertiary/aromatic N) is 1. The first-order chi connectivity index (χ1) is 19.6. The fourth-order valence-corrected chi connectivity index (χ4v) is 6.52. The fourth-order valence-electron chi connectivity index (χ4n) is 6.52. The van der Waals surface area contributed by atoms with Gasteiger partial charge in [-0.25, -0.2) is 0 Å². The zero-order valence-electron chi connectivity index (χ0n) is 21.7. The van der Waals surface area contributed by atoms with Crippen LogP contribution in [0.5, 0.6) is 17.2 Å². The lowest BCUT2D eigenvalue weighted by atomic mass is 9.77. The molecule has 4 aromatic rings. The van der Waals surface area contributed by atoms with E-state index >= 15 is 0 Å². The molecule has 1 aliphatic carbocycles. The highest BCUT2D eigenvalue weighted by molar-refractivity contribution is 6.11. The largest absolute Gasteiger partial charge is 0.491 e. The second-order valence-corrected chi connectivity index (χ2v) is 10.8. The van der Waals surface area contributed by atoms with E-state index in [0.717, 1.165) is 40.9 Å². The number of anilines is 2. The monoisotopic (exact) mass is 530 g/mol. The van der Waals surface area contributed by atoms with E-state index in [-0.39, 0.29) is 25.2 Å². The summed E-state index contributed by atoms with van der Waals surface area (Å²) < 4.78 is 17.2. The van der Waals surface area contributed by atoms with Gasteiger partial charge in [-0.3, -0.25) is 9.59 Å². The van der Waals surface area contributed by atoms with Crippen LogP contribution in [0.4, 0.5) is 11.4 Å². The van der Waals surface area contributed by atoms with Gasteiger partial charge in [0.2, 0.25) is 12.7 Å². The number of hydrogen-bond donors (Lipinski definition) is 1. The third kappa shape index (κ3) is 3.37. The zero-order chi connectivity index (χ0) is 26.8. The maximum absolute atomic E-state index is 14.2. The van der Waals surface area contributed by atoms with Crippen molar-refractivity contribution in [2.45, 2.75) is 31.2 Å². The Kier molecular flexibility index (Phi) is 4.98. The van der Waals surface area contributed by atoms with Gasteiger partial charge >= 0.3 is 0 Å². The van der Waals surface area contributed by atoms with Crippen LogP contribution in [0.15, 0.2) is 78.9 Å². The number of carbonyl (C=O) groups excluding carboxylic acids is 2. The molecule has 8 rings (SSSR count). The van der Waals surface area contributed by atoms with Gasteiger partial charge in [0.05, 0.1) is 6.54 Å². The smallest absolute Gasteiger partial charge is 0.255 e. The first-order valence-electron chi connectivity index (χ1n) is 13.6. The summed E-state index contributed by atoms with van der Waals surface area (Å²) in [5.41, 5.74) is 6.66. The van der Waals surface area contributed by atoms with E-state index in [1.54, 1.807) is 0 Å². The Balaban J connectivity index is 1.06. The van der Waals surface area contributed by atoms with Crippen molar-refractivity contribution >= 4 is 23.2 Å². The molecule has 198 valence electrons. The van der Waals surface area contributed by atoms with Crippen LogP contribution in [0, 0.1) is 0 Å². The highest BCUT2D eigenvalue weighted by Crippen LogP contribution is 2.55. The maximum Gasteiger partial charge on any atom is 0.255 e. The third-order valence-corrected chi connectivity index (χ3v) is 8.56. The second kappa shape index (κ2) is 8.61. The molecule has 0 bridgehead atoms. The third-order valence-electron chi connectivity index (χ3n) is 8.56. The van der Waals surface area contributed by atoms with Crippen LogP contribution in [-0.2, 0) is 29.6 Å². The number of amides is 2. The van der Waals surface area contributed by atoms with E-state index in [1.807, 2.05) is 71.6 Å². The van der Waals surface area contributed by atoms with Crippen molar-refractivity contribution in [3.05, 3.63) is 112 Å². The Bertz CT molecular complexity index is 1710. The highest BCUT2D eigenvalue weighted by Gasteiger charge is 2.57. The van der Waals surface area contributed by atoms with E-state index in [4.69, 9.17) is 14.2 Å². The lowest BCUT2D eigenvalue weighted by Gasteiger charge is -2.23. The van der Waals surface area contributed by atoms with Gasteiger partial charge in [-0.2, -0.15) is 0 Å². The average Bonchev–Trinajstić information content (AvgIpc) is 3.76. The lowest BCUT2D eigenvalue weighted by Crippen LogP contribution is -2.42. The van der Waals surface area contributed by atoms with Crippen molar-refractivity contribution in [2.75, 3.05) is 23.6 Å². The van der Waals surface area contributed by atoms with Crippen molar-refractivity contribution in [1.82, 2.24) is 0 Å². The average molecular weight is 531 g/mol. The number of aryl methyl sites for hydroxylation is 2. The molecule has 0 saturated carbocycles. The Hall–Kier alpha value is -4.78. The summed E-state index contributed by atoms with van der Waals surface area (Å²) in [7, 11) is 0. The zero-order valence-corrected chi connectivity index (χ0v) is 21.7. The molecule has 40 heavy (non-hydrogen) atoms. The van der Waals surface area contributed by atoms with E-state index in [9.17, 15) is 9.59 Å². The molecule has 1 unspecified atom stereocenters. The van der Waals surface area contributed by atoms with E-state index in [2.05, 4.69) is 17.4 Å². The molecule has 3 aliphatic heterocycles. The quantitative estimate of drug-likeness (QED) is 0.383. The van der Waals surface area contributed by atoms with Crippen LogP contribution >= 0.6 is 0 Å². The van der Waals surface area contributed by atoms with Crippen LogP contribution < -0.4 is 24.4 Å². The molecule has 0 saturated heterocycles. The van der Waals surface area contributed by atoms with E-state index in [1.165, 1.54) is 17.5 Å². The number of rotatable bonds is 4. The van der Waals surface area contributed by atoms with Crippen molar-refractivity contribution in [3.63, 3.8) is 0 Å². The molecule has 7 heteroatoms. The number of hydrogen-bond acceptors (Lipinski definition) is 5. The summed E-state index contributed by atoms with van der Waals surface area (Å²) >= 11 is 0. The fraction of sp³-hybridized carbons (Fsp3) is 0.212. The first kappa shape index (κ1) is 23.1. The number of para-hydroxylation sites is 1. The normalized spacial score (nSPS) is 19.4. The van der Waals surface area contributed by atoms with Gasteiger partial charge in [-0.15, -0.1) is 0 Å². The van der Waals surface area contributed by atoms with Crippen LogP contribution in [0.25, 0.3) is 0 Å². The molecule has 3 heterocycles. The molecule has 0 aromatic heterocycles. The Morgan fingerprint density at radius 1 is 0.825 bits per heavy atom. The minimum Gasteiger partial charge on any atom is -0.491 e. The number of benzene rings is 4. The summed E-state index contributed by atoms with van der Waals surface area (Å²) in [4.78, 5) is 29.0. The second-order valence-electron chi connectivity index (χ2n) is 10.8. The molecular weight excluding hydrogens is 504 g/mol. The van der Waals surface area contributed by atoms with Crippen LogP contribution in [0.3, 0.4) is 0 Å². The molecule has 1 N–H and O–H groups in total. The predicted molar refractivity (Wildman–Crippen MR) is 149 cm³/mol. The summed E-state index contributed by atoms with van der Waals surface area (Å²) in [5, 5.41) is 3.02. The summed E-state index contributed by atoms with van der Waals surface area (Å²) in [6.45, 7) is 0.757. The standard InChI is InChI=1S/C33H26N2O5/c36-31(34-24-13-12-21-4-3-5-23(21)14-24)22-10-8-20(9-11-22)17-35-27-7-2-1-6-25(27)33(32(35)37)18-38-28-16-30-29(15-26(28)33)39-19-40-30/h1-2,6-16H,3-5,17-19H2,(H,34,36). The van der Waals surface area contributed by atoms with Crippen LogP contribution in [-0.4, -0.2) is 25.2 Å². The van der Waals surface area contributed by atoms with Crippen molar-refractivity contribution in [1.29, 1.82) is 0 Å². The molecule has 4 aliphatic rings. The highest BCUT2D eigenvalue weighted by atomic mass is 16.7. The molecule has 0 radical (unpaired) electrons. The van der Waals surface area contributed by atoms with Crippen molar-refractivity contribution < 1.29 is 23.8 Å². The van der Waals surface area contributed by atoms with Gasteiger partial charge in [0, 0.05) is 28.6 Å². The van der Waals surface area contributed by atoms with Crippen LogP contribution in [0.2, 0.25) is 0 Å². The van der Waals surface area contributed by atoms with Crippen LogP contribution in [0.1, 0.15) is 44.6 Å². The van der Waals surface area contributed by atoms with Gasteiger partial charge < -0.3 is 24.4 Å². The van der Waals surface area contributed by atoms with E-state index < -0.39 is 5.41 Å². The Labute approximate surface area is 231 Å². The molecule has 1 atom stereocenters. The van der Waals surface area contributed by atoms with Gasteiger partial charge in [-0.1, -0.05) is 36.4 Å². The van der Waals surface area contributed by atoms with E-state index in [0.29, 0.717) is 29.4 Å². The minimum absolute atomic E-state index is 0.0373. The number of fused-ring (bicyclic) bond motifs is 6. The van der Waals surface area contributed by atoms with Gasteiger partial charge in [0.15, 0.2) is 11.5 Å². The molecular formula is C33H26N2O5.